The predicted molar refractivity (Wildman–Crippen MR) is 92.6 cm³/mol. The van der Waals surface area contributed by atoms with Crippen molar-refractivity contribution in [1.82, 2.24) is 14.7 Å². The maximum Gasteiger partial charge on any atom is 0.233 e. The van der Waals surface area contributed by atoms with Gasteiger partial charge in [0.15, 0.2) is 0 Å². The summed E-state index contributed by atoms with van der Waals surface area (Å²) in [4.78, 5) is 20.0. The molecular weight excluding hydrogens is 310 g/mol. The topological polar surface area (TPSA) is 47.0 Å². The summed E-state index contributed by atoms with van der Waals surface area (Å²) in [6, 6.07) is 10.1. The smallest absolute Gasteiger partial charge is 0.233 e. The molecular formula is C17H25N3O2S. The van der Waals surface area contributed by atoms with Crippen LogP contribution in [0.4, 0.5) is 0 Å². The van der Waals surface area contributed by atoms with Crippen molar-refractivity contribution in [3.05, 3.63) is 30.3 Å². The number of thioether (sulfide) groups is 1. The Morgan fingerprint density at radius 2 is 1.87 bits per heavy atom. The molecule has 2 fully saturated rings. The lowest BCUT2D eigenvalue weighted by atomic mass is 10.1. The average molecular weight is 335 g/mol. The van der Waals surface area contributed by atoms with Crippen LogP contribution in [0.5, 0.6) is 0 Å². The van der Waals surface area contributed by atoms with Gasteiger partial charge in [0.25, 0.3) is 0 Å². The van der Waals surface area contributed by atoms with Crippen molar-refractivity contribution >= 4 is 17.7 Å². The molecule has 1 aromatic rings. The molecule has 0 unspecified atom stereocenters. The lowest BCUT2D eigenvalue weighted by Crippen LogP contribution is -2.52. The number of hydrogen-bond donors (Lipinski definition) is 1. The minimum absolute atomic E-state index is 0.0920. The van der Waals surface area contributed by atoms with E-state index >= 15 is 0 Å². The van der Waals surface area contributed by atoms with Crippen molar-refractivity contribution in [1.29, 1.82) is 0 Å². The number of aliphatic hydroxyl groups is 1. The molecule has 0 aliphatic carbocycles. The molecule has 0 saturated carbocycles. The molecule has 0 spiro atoms. The van der Waals surface area contributed by atoms with Crippen LogP contribution in [0.3, 0.4) is 0 Å². The molecule has 1 N–H and O–H groups in total. The number of β-amino-alcohol motifs (C(OH)–C–C–N with tert-alkyl or cyclic N) is 1. The highest BCUT2D eigenvalue weighted by Gasteiger charge is 2.38. The minimum atomic E-state index is -0.427. The van der Waals surface area contributed by atoms with Crippen molar-refractivity contribution in [2.24, 2.45) is 0 Å². The Morgan fingerprint density at radius 1 is 1.17 bits per heavy atom. The lowest BCUT2D eigenvalue weighted by Gasteiger charge is -2.37. The number of aliphatic hydroxyl groups excluding tert-OH is 1. The fraction of sp³-hybridized carbons (Fsp3) is 0.588. The van der Waals surface area contributed by atoms with Gasteiger partial charge < -0.3 is 14.9 Å². The molecule has 2 atom stereocenters. The van der Waals surface area contributed by atoms with Crippen molar-refractivity contribution in [2.75, 3.05) is 52.1 Å². The molecule has 5 nitrogen and oxygen atoms in total. The number of rotatable bonds is 4. The van der Waals surface area contributed by atoms with Gasteiger partial charge in [0.1, 0.15) is 0 Å². The Morgan fingerprint density at radius 3 is 2.57 bits per heavy atom. The summed E-state index contributed by atoms with van der Waals surface area (Å²) in [5.74, 6) is 0.557. The third-order valence-electron chi connectivity index (χ3n) is 4.72. The largest absolute Gasteiger partial charge is 0.390 e. The second-order valence-corrected chi connectivity index (χ2v) is 7.42. The van der Waals surface area contributed by atoms with Crippen LogP contribution in [-0.2, 0) is 4.79 Å². The van der Waals surface area contributed by atoms with E-state index in [4.69, 9.17) is 0 Å². The highest BCUT2D eigenvalue weighted by Crippen LogP contribution is 2.21. The summed E-state index contributed by atoms with van der Waals surface area (Å²) in [6.07, 6.45) is -0.427. The van der Waals surface area contributed by atoms with Crippen LogP contribution in [0.25, 0.3) is 0 Å². The van der Waals surface area contributed by atoms with Crippen molar-refractivity contribution < 1.29 is 9.90 Å². The minimum Gasteiger partial charge on any atom is -0.390 e. The Kier molecular flexibility index (Phi) is 5.58. The fourth-order valence-corrected chi connectivity index (χ4v) is 4.06. The Balaban J connectivity index is 1.50. The first-order chi connectivity index (χ1) is 11.1. The Bertz CT molecular complexity index is 520. The van der Waals surface area contributed by atoms with E-state index in [-0.39, 0.29) is 11.9 Å². The second-order valence-electron chi connectivity index (χ2n) is 6.37. The van der Waals surface area contributed by atoms with Gasteiger partial charge in [0.2, 0.25) is 5.91 Å². The van der Waals surface area contributed by atoms with E-state index in [2.05, 4.69) is 16.8 Å². The number of likely N-dealkylation sites (tertiary alicyclic amines) is 1. The summed E-state index contributed by atoms with van der Waals surface area (Å²) < 4.78 is 0. The zero-order valence-electron chi connectivity index (χ0n) is 13.6. The molecule has 2 aliphatic heterocycles. The number of likely N-dealkylation sites (N-methyl/N-ethyl adjacent to an activating group) is 1. The number of carbonyl (C=O) groups is 1. The molecule has 0 bridgehead atoms. The molecule has 1 aromatic carbocycles. The number of hydrogen-bond acceptors (Lipinski definition) is 5. The third kappa shape index (κ3) is 4.26. The van der Waals surface area contributed by atoms with Crippen molar-refractivity contribution in [2.45, 2.75) is 17.0 Å². The van der Waals surface area contributed by atoms with E-state index in [0.29, 0.717) is 18.8 Å². The summed E-state index contributed by atoms with van der Waals surface area (Å²) in [6.45, 7) is 5.12. The summed E-state index contributed by atoms with van der Waals surface area (Å²) >= 11 is 1.56. The average Bonchev–Trinajstić information content (AvgIpc) is 2.96. The molecule has 0 aromatic heterocycles. The van der Waals surface area contributed by atoms with Crippen molar-refractivity contribution in [3.63, 3.8) is 0 Å². The first-order valence-corrected chi connectivity index (χ1v) is 9.18. The van der Waals surface area contributed by atoms with E-state index in [1.54, 1.807) is 11.8 Å². The van der Waals surface area contributed by atoms with E-state index in [0.717, 1.165) is 31.1 Å². The van der Waals surface area contributed by atoms with Crippen LogP contribution in [0.2, 0.25) is 0 Å². The van der Waals surface area contributed by atoms with Crippen LogP contribution in [0.1, 0.15) is 0 Å². The normalized spacial score (nSPS) is 26.6. The molecule has 2 heterocycles. The zero-order chi connectivity index (χ0) is 16.2. The molecule has 126 valence electrons. The van der Waals surface area contributed by atoms with Crippen LogP contribution in [0.15, 0.2) is 35.2 Å². The van der Waals surface area contributed by atoms with Gasteiger partial charge in [-0.3, -0.25) is 9.69 Å². The van der Waals surface area contributed by atoms with Gasteiger partial charge in [0, 0.05) is 44.2 Å². The second kappa shape index (κ2) is 7.66. The number of benzene rings is 1. The maximum absolute atomic E-state index is 12.4. The van der Waals surface area contributed by atoms with E-state index in [1.165, 1.54) is 0 Å². The van der Waals surface area contributed by atoms with Crippen LogP contribution >= 0.6 is 11.8 Å². The zero-order valence-corrected chi connectivity index (χ0v) is 14.4. The Labute approximate surface area is 142 Å². The number of carbonyl (C=O) groups excluding carboxylic acids is 1. The number of nitrogens with zero attached hydrogens (tertiary/aromatic N) is 3. The van der Waals surface area contributed by atoms with Gasteiger partial charge in [0.05, 0.1) is 17.9 Å². The highest BCUT2D eigenvalue weighted by molar-refractivity contribution is 8.00. The van der Waals surface area contributed by atoms with Crippen LogP contribution in [0, 0.1) is 0 Å². The summed E-state index contributed by atoms with van der Waals surface area (Å²) in [7, 11) is 2.12. The first kappa shape index (κ1) is 16.8. The molecule has 2 aliphatic rings. The SMILES string of the molecule is CN1CCN([C@H]2CN(C(=O)CSc3ccccc3)C[C@@H]2O)CC1. The fourth-order valence-electron chi connectivity index (χ4n) is 3.24. The number of piperazine rings is 1. The van der Waals surface area contributed by atoms with Gasteiger partial charge in [-0.1, -0.05) is 18.2 Å². The molecule has 23 heavy (non-hydrogen) atoms. The predicted octanol–water partition coefficient (Wildman–Crippen LogP) is 0.598. The molecule has 2 saturated heterocycles. The first-order valence-electron chi connectivity index (χ1n) is 8.20. The standard InChI is InChI=1S/C17H25N3O2S/c1-18-7-9-19(10-8-18)15-11-20(12-16(15)21)17(22)13-23-14-5-3-2-4-6-14/h2-6,15-16,21H,7-13H2,1H3/t15-,16-/m0/s1. The monoisotopic (exact) mass is 335 g/mol. The van der Waals surface area contributed by atoms with Crippen LogP contribution in [-0.4, -0.2) is 89.9 Å². The Hall–Kier alpha value is -1.08. The summed E-state index contributed by atoms with van der Waals surface area (Å²) in [5, 5.41) is 10.4. The van der Waals surface area contributed by atoms with Gasteiger partial charge in [-0.15, -0.1) is 11.8 Å². The van der Waals surface area contributed by atoms with Crippen LogP contribution < -0.4 is 0 Å². The van der Waals surface area contributed by atoms with Gasteiger partial charge in [-0.05, 0) is 19.2 Å². The molecule has 6 heteroatoms. The van der Waals surface area contributed by atoms with Gasteiger partial charge in [-0.25, -0.2) is 0 Å². The molecule has 3 rings (SSSR count). The number of amides is 1. The van der Waals surface area contributed by atoms with Crippen molar-refractivity contribution in [3.8, 4) is 0 Å². The molecule has 1 amide bonds. The third-order valence-corrected chi connectivity index (χ3v) is 5.72. The van der Waals surface area contributed by atoms with E-state index in [1.807, 2.05) is 35.2 Å². The summed E-state index contributed by atoms with van der Waals surface area (Å²) in [5.41, 5.74) is 0. The van der Waals surface area contributed by atoms with E-state index < -0.39 is 6.10 Å². The maximum atomic E-state index is 12.4. The quantitative estimate of drug-likeness (QED) is 0.817. The highest BCUT2D eigenvalue weighted by atomic mass is 32.2. The molecule has 0 radical (unpaired) electrons. The van der Waals surface area contributed by atoms with Gasteiger partial charge in [-0.2, -0.15) is 0 Å². The van der Waals surface area contributed by atoms with Gasteiger partial charge >= 0.3 is 0 Å². The lowest BCUT2D eigenvalue weighted by molar-refractivity contribution is -0.127. The van der Waals surface area contributed by atoms with E-state index in [9.17, 15) is 9.90 Å².